The Labute approximate surface area is 276 Å². The number of aromatic amines is 1. The van der Waals surface area contributed by atoms with Crippen LogP contribution in [-0.2, 0) is 28.5 Å². The van der Waals surface area contributed by atoms with Gasteiger partial charge in [-0.25, -0.2) is 4.79 Å². The molecule has 44 heavy (non-hydrogen) atoms. The third kappa shape index (κ3) is 12.2. The number of Topliss-reactive ketones (excluding diaryl/α,β-unsaturated/α-hetero) is 1. The fourth-order valence-electron chi connectivity index (χ4n) is 5.09. The number of hydrogen-bond donors (Lipinski definition) is 1. The molecule has 0 bridgehead atoms. The maximum absolute atomic E-state index is 11.4. The summed E-state index contributed by atoms with van der Waals surface area (Å²) in [7, 11) is 12.7. The molecular weight excluding hydrogens is 624 g/mol. The zero-order chi connectivity index (χ0) is 32.6. The van der Waals surface area contributed by atoms with Crippen molar-refractivity contribution in [1.29, 1.82) is 0 Å². The SMILES string of the molecule is COC[C@@H]1CC(C(=O)CCl)=CCN1C.COC[C@@H]1CC(C(=O)OC)=CCN1C.COC[C@@H]1CC(c2csc(=S)[nH]2)=CCN1C. The molecule has 0 aromatic carbocycles. The quantitative estimate of drug-likeness (QED) is 0.223. The number of thiazole rings is 1. The monoisotopic (exact) mass is 672 g/mol. The van der Waals surface area contributed by atoms with Crippen LogP contribution in [0.1, 0.15) is 25.0 Å². The molecule has 10 nitrogen and oxygen atoms in total. The molecule has 1 aromatic heterocycles. The number of nitrogens with one attached hydrogen (secondary N) is 1. The van der Waals surface area contributed by atoms with E-state index in [1.807, 2.05) is 26.2 Å². The lowest BCUT2D eigenvalue weighted by Gasteiger charge is -2.31. The number of carbonyl (C=O) groups is 2. The summed E-state index contributed by atoms with van der Waals surface area (Å²) in [5.74, 6) is -0.102. The molecule has 0 unspecified atom stereocenters. The van der Waals surface area contributed by atoms with Gasteiger partial charge in [0.2, 0.25) is 0 Å². The molecule has 0 spiro atoms. The second-order valence-electron chi connectivity index (χ2n) is 11.1. The van der Waals surface area contributed by atoms with Crippen molar-refractivity contribution >= 4 is 52.5 Å². The fourth-order valence-corrected chi connectivity index (χ4v) is 6.12. The molecule has 3 aliphatic heterocycles. The summed E-state index contributed by atoms with van der Waals surface area (Å²) in [5.41, 5.74) is 4.13. The summed E-state index contributed by atoms with van der Waals surface area (Å²) >= 11 is 12.2. The number of nitrogens with zero attached hydrogens (tertiary/aromatic N) is 3. The Morgan fingerprint density at radius 3 is 1.77 bits per heavy atom. The van der Waals surface area contributed by atoms with E-state index in [-0.39, 0.29) is 23.7 Å². The van der Waals surface area contributed by atoms with Crippen LogP contribution in [0.2, 0.25) is 0 Å². The first-order valence-electron chi connectivity index (χ1n) is 14.6. The van der Waals surface area contributed by atoms with Crippen molar-refractivity contribution < 1.29 is 28.5 Å². The van der Waals surface area contributed by atoms with Crippen molar-refractivity contribution in [3.8, 4) is 0 Å². The van der Waals surface area contributed by atoms with E-state index >= 15 is 0 Å². The van der Waals surface area contributed by atoms with Crippen molar-refractivity contribution in [2.45, 2.75) is 37.4 Å². The molecule has 248 valence electrons. The Hall–Kier alpha value is -1.74. The molecule has 13 heteroatoms. The maximum atomic E-state index is 11.4. The van der Waals surface area contributed by atoms with Crippen molar-refractivity contribution in [2.75, 3.05) is 94.9 Å². The van der Waals surface area contributed by atoms with Crippen molar-refractivity contribution in [1.82, 2.24) is 19.7 Å². The second-order valence-corrected chi connectivity index (χ2v) is 12.9. The van der Waals surface area contributed by atoms with E-state index in [4.69, 9.17) is 38.0 Å². The van der Waals surface area contributed by atoms with Crippen molar-refractivity contribution in [3.63, 3.8) is 0 Å². The molecule has 3 aliphatic rings. The van der Waals surface area contributed by atoms with Gasteiger partial charge in [-0.05, 0) is 63.8 Å². The Bertz CT molecular complexity index is 1150. The lowest BCUT2D eigenvalue weighted by molar-refractivity contribution is -0.136. The number of ether oxygens (including phenoxy) is 4. The standard InChI is InChI=1S/C11H16N2OS2.C10H16ClNO2.C10H17NO3/c1-13-4-3-8(5-9(13)6-14-2)10-7-16-11(15)12-10;1-12-4-3-8(10(13)6-11)5-9(12)7-14-2;1-11-5-4-8(10(12)14-3)6-9(11)7-13-2/h3,7,9H,4-6H2,1-2H3,(H,12,15);3,9H,4-7H2,1-2H3;4,9H,5-7H2,1-3H3/t3*9-/m000/s1. The predicted molar refractivity (Wildman–Crippen MR) is 180 cm³/mol. The zero-order valence-electron chi connectivity index (χ0n) is 27.1. The van der Waals surface area contributed by atoms with E-state index in [2.05, 4.69) is 42.9 Å². The summed E-state index contributed by atoms with van der Waals surface area (Å²) < 4.78 is 21.0. The highest BCUT2D eigenvalue weighted by Gasteiger charge is 2.25. The molecular formula is C31H49ClN4O6S2. The number of aromatic nitrogens is 1. The lowest BCUT2D eigenvalue weighted by atomic mass is 9.98. The van der Waals surface area contributed by atoms with E-state index in [1.165, 1.54) is 18.4 Å². The summed E-state index contributed by atoms with van der Waals surface area (Å²) in [5, 5.41) is 2.10. The number of rotatable bonds is 10. The van der Waals surface area contributed by atoms with Gasteiger partial charge in [-0.15, -0.1) is 22.9 Å². The average Bonchev–Trinajstić information content (AvgIpc) is 3.46. The van der Waals surface area contributed by atoms with Gasteiger partial charge in [-0.3, -0.25) is 19.5 Å². The molecule has 1 aromatic rings. The van der Waals surface area contributed by atoms with Gasteiger partial charge in [0.05, 0.1) is 38.5 Å². The number of likely N-dealkylation sites (N-methyl/N-ethyl adjacent to an activating group) is 3. The van der Waals surface area contributed by atoms with Crippen LogP contribution in [0.3, 0.4) is 0 Å². The molecule has 3 atom stereocenters. The van der Waals surface area contributed by atoms with E-state index in [0.29, 0.717) is 31.7 Å². The number of hydrogen-bond acceptors (Lipinski definition) is 11. The topological polar surface area (TPSA) is 96.6 Å². The van der Waals surface area contributed by atoms with Crippen LogP contribution in [0.4, 0.5) is 0 Å². The van der Waals surface area contributed by atoms with Crippen LogP contribution in [0.25, 0.3) is 5.57 Å². The molecule has 0 saturated heterocycles. The van der Waals surface area contributed by atoms with Gasteiger partial charge in [0, 0.05) is 70.0 Å². The Morgan fingerprint density at radius 1 is 0.841 bits per heavy atom. The maximum Gasteiger partial charge on any atom is 0.333 e. The first kappa shape index (κ1) is 38.4. The highest BCUT2D eigenvalue weighted by Crippen LogP contribution is 2.26. The van der Waals surface area contributed by atoms with E-state index in [1.54, 1.807) is 32.7 Å². The number of carbonyl (C=O) groups excluding carboxylic acids is 2. The number of methoxy groups -OCH3 is 4. The molecule has 0 aliphatic carbocycles. The second kappa shape index (κ2) is 20.4. The molecule has 1 N–H and O–H groups in total. The van der Waals surface area contributed by atoms with Crippen LogP contribution < -0.4 is 0 Å². The molecule has 4 heterocycles. The highest BCUT2D eigenvalue weighted by molar-refractivity contribution is 7.73. The minimum Gasteiger partial charge on any atom is -0.466 e. The van der Waals surface area contributed by atoms with E-state index in [0.717, 1.165) is 54.2 Å². The number of halogens is 1. The van der Waals surface area contributed by atoms with Crippen molar-refractivity contribution in [3.05, 3.63) is 44.4 Å². The zero-order valence-corrected chi connectivity index (χ0v) is 29.5. The van der Waals surface area contributed by atoms with Gasteiger partial charge in [-0.1, -0.05) is 18.2 Å². The fraction of sp³-hybridized carbons (Fsp3) is 0.645. The molecule has 0 saturated carbocycles. The van der Waals surface area contributed by atoms with Crippen LogP contribution in [0.15, 0.2) is 34.8 Å². The largest absolute Gasteiger partial charge is 0.466 e. The number of ketones is 1. The van der Waals surface area contributed by atoms with Crippen LogP contribution in [-0.4, -0.2) is 144 Å². The van der Waals surface area contributed by atoms with Crippen molar-refractivity contribution in [2.24, 2.45) is 0 Å². The van der Waals surface area contributed by atoms with E-state index < -0.39 is 0 Å². The number of alkyl halides is 1. The summed E-state index contributed by atoms with van der Waals surface area (Å²) in [4.78, 5) is 32.5. The van der Waals surface area contributed by atoms with Gasteiger partial charge < -0.3 is 23.9 Å². The third-order valence-electron chi connectivity index (χ3n) is 7.98. The summed E-state index contributed by atoms with van der Waals surface area (Å²) in [6.45, 7) is 4.62. The first-order chi connectivity index (χ1) is 21.1. The summed E-state index contributed by atoms with van der Waals surface area (Å²) in [6.07, 6.45) is 8.60. The van der Waals surface area contributed by atoms with Crippen LogP contribution >= 0.6 is 35.2 Å². The normalized spacial score (nSPS) is 22.8. The van der Waals surface area contributed by atoms with Gasteiger partial charge in [-0.2, -0.15) is 0 Å². The van der Waals surface area contributed by atoms with E-state index in [9.17, 15) is 9.59 Å². The van der Waals surface area contributed by atoms with Gasteiger partial charge in [0.1, 0.15) is 0 Å². The number of H-pyrrole nitrogens is 1. The molecule has 0 radical (unpaired) electrons. The van der Waals surface area contributed by atoms with Gasteiger partial charge in [0.15, 0.2) is 9.74 Å². The van der Waals surface area contributed by atoms with Gasteiger partial charge in [0.25, 0.3) is 0 Å². The molecule has 4 rings (SSSR count). The minimum atomic E-state index is -0.223. The predicted octanol–water partition coefficient (Wildman–Crippen LogP) is 4.05. The summed E-state index contributed by atoms with van der Waals surface area (Å²) in [6, 6.07) is 1.04. The third-order valence-corrected chi connectivity index (χ3v) is 9.29. The molecule has 0 fully saturated rings. The first-order valence-corrected chi connectivity index (χ1v) is 16.4. The Morgan fingerprint density at radius 2 is 1.32 bits per heavy atom. The van der Waals surface area contributed by atoms with Crippen LogP contribution in [0.5, 0.6) is 0 Å². The number of esters is 1. The highest BCUT2D eigenvalue weighted by atomic mass is 35.5. The smallest absolute Gasteiger partial charge is 0.333 e. The van der Waals surface area contributed by atoms with Gasteiger partial charge >= 0.3 is 5.97 Å². The van der Waals surface area contributed by atoms with Crippen LogP contribution in [0, 0.1) is 3.95 Å². The molecule has 0 amide bonds. The Kier molecular flexibility index (Phi) is 17.8. The average molecular weight is 673 g/mol. The Balaban J connectivity index is 0.000000231. The minimum absolute atomic E-state index is 0.0425. The lowest BCUT2D eigenvalue weighted by Crippen LogP contribution is -2.39.